The van der Waals surface area contributed by atoms with Gasteiger partial charge in [0.25, 0.3) is 11.8 Å². The molecule has 1 heterocycles. The molecule has 0 fully saturated rings. The van der Waals surface area contributed by atoms with E-state index in [1.54, 1.807) is 12.1 Å². The van der Waals surface area contributed by atoms with Crippen molar-refractivity contribution < 1.29 is 14.3 Å². The highest BCUT2D eigenvalue weighted by molar-refractivity contribution is 8.03. The van der Waals surface area contributed by atoms with E-state index < -0.39 is 0 Å². The third-order valence-electron chi connectivity index (χ3n) is 4.74. The summed E-state index contributed by atoms with van der Waals surface area (Å²) in [5, 5.41) is 0. The Bertz CT molecular complexity index is 1080. The number of carbonyl (C=O) groups is 2. The van der Waals surface area contributed by atoms with Crippen LogP contribution in [0.3, 0.4) is 0 Å². The Morgan fingerprint density at radius 1 is 0.800 bits per heavy atom. The van der Waals surface area contributed by atoms with Crippen LogP contribution in [0.2, 0.25) is 0 Å². The van der Waals surface area contributed by atoms with Crippen molar-refractivity contribution in [3.63, 3.8) is 0 Å². The smallest absolute Gasteiger partial charge is 0.272 e. The number of anilines is 1. The molecule has 150 valence electrons. The highest BCUT2D eigenvalue weighted by Gasteiger charge is 2.40. The Labute approximate surface area is 180 Å². The van der Waals surface area contributed by atoms with Gasteiger partial charge in [0.2, 0.25) is 0 Å². The molecule has 0 atom stereocenters. The predicted molar refractivity (Wildman–Crippen MR) is 121 cm³/mol. The minimum absolute atomic E-state index is 0.281. The summed E-state index contributed by atoms with van der Waals surface area (Å²) in [5.41, 5.74) is 2.82. The van der Waals surface area contributed by atoms with Gasteiger partial charge in [-0.15, -0.1) is 11.8 Å². The Balaban J connectivity index is 1.71. The molecule has 0 unspecified atom stereocenters. The van der Waals surface area contributed by atoms with Gasteiger partial charge in [-0.2, -0.15) is 0 Å². The van der Waals surface area contributed by atoms with E-state index in [4.69, 9.17) is 4.74 Å². The molecule has 0 radical (unpaired) electrons. The van der Waals surface area contributed by atoms with Crippen molar-refractivity contribution in [1.82, 2.24) is 0 Å². The second-order valence-corrected chi connectivity index (χ2v) is 7.70. The minimum atomic E-state index is -0.300. The van der Waals surface area contributed by atoms with Gasteiger partial charge in [0.05, 0.1) is 22.8 Å². The third-order valence-corrected chi connectivity index (χ3v) is 5.88. The zero-order chi connectivity index (χ0) is 20.9. The number of hydrogen-bond acceptors (Lipinski definition) is 4. The SMILES string of the molecule is CCOc1ccc(C2=C(SCc3ccccc3)C(=O)N(c3ccccc3)C2=O)cc1. The van der Waals surface area contributed by atoms with Crippen molar-refractivity contribution in [1.29, 1.82) is 0 Å². The standard InChI is InChI=1S/C25H21NO3S/c1-2-29-21-15-13-19(14-16-21)22-23(30-17-18-9-5-3-6-10-18)25(28)26(24(22)27)20-11-7-4-8-12-20/h3-16H,2,17H2,1H3. The van der Waals surface area contributed by atoms with Crippen molar-refractivity contribution in [2.45, 2.75) is 12.7 Å². The molecule has 5 heteroatoms. The molecule has 0 aromatic heterocycles. The summed E-state index contributed by atoms with van der Waals surface area (Å²) < 4.78 is 5.51. The summed E-state index contributed by atoms with van der Waals surface area (Å²) in [6, 6.07) is 26.3. The molecule has 30 heavy (non-hydrogen) atoms. The largest absolute Gasteiger partial charge is 0.494 e. The monoisotopic (exact) mass is 415 g/mol. The van der Waals surface area contributed by atoms with E-state index in [0.29, 0.717) is 34.1 Å². The minimum Gasteiger partial charge on any atom is -0.494 e. The number of benzene rings is 3. The number of thioether (sulfide) groups is 1. The zero-order valence-electron chi connectivity index (χ0n) is 16.6. The molecule has 2 amide bonds. The van der Waals surface area contributed by atoms with Crippen LogP contribution in [-0.4, -0.2) is 18.4 Å². The number of carbonyl (C=O) groups excluding carboxylic acids is 2. The highest BCUT2D eigenvalue weighted by atomic mass is 32.2. The summed E-state index contributed by atoms with van der Waals surface area (Å²) >= 11 is 1.40. The second-order valence-electron chi connectivity index (χ2n) is 6.72. The molecule has 0 saturated heterocycles. The van der Waals surface area contributed by atoms with Crippen LogP contribution in [0.5, 0.6) is 5.75 Å². The average Bonchev–Trinajstić information content (AvgIpc) is 3.04. The summed E-state index contributed by atoms with van der Waals surface area (Å²) in [7, 11) is 0. The molecule has 0 aliphatic carbocycles. The quantitative estimate of drug-likeness (QED) is 0.491. The Hall–Kier alpha value is -3.31. The first-order valence-electron chi connectivity index (χ1n) is 9.77. The maximum Gasteiger partial charge on any atom is 0.272 e. The fourth-order valence-corrected chi connectivity index (χ4v) is 4.39. The van der Waals surface area contributed by atoms with E-state index in [0.717, 1.165) is 11.3 Å². The predicted octanol–water partition coefficient (Wildman–Crippen LogP) is 5.30. The Kier molecular flexibility index (Phi) is 6.00. The van der Waals surface area contributed by atoms with Gasteiger partial charge in [0.15, 0.2) is 0 Å². The molecule has 0 saturated carbocycles. The first kappa shape index (κ1) is 20.0. The van der Waals surface area contributed by atoms with Gasteiger partial charge < -0.3 is 4.74 Å². The van der Waals surface area contributed by atoms with Crippen LogP contribution in [0.1, 0.15) is 18.1 Å². The van der Waals surface area contributed by atoms with Gasteiger partial charge in [-0.25, -0.2) is 4.90 Å². The van der Waals surface area contributed by atoms with Crippen LogP contribution in [0, 0.1) is 0 Å². The lowest BCUT2D eigenvalue weighted by Crippen LogP contribution is -2.31. The van der Waals surface area contributed by atoms with Crippen molar-refractivity contribution >= 4 is 34.8 Å². The Morgan fingerprint density at radius 2 is 1.43 bits per heavy atom. The number of nitrogens with zero attached hydrogens (tertiary/aromatic N) is 1. The van der Waals surface area contributed by atoms with Gasteiger partial charge in [-0.1, -0.05) is 60.7 Å². The number of amides is 2. The molecular formula is C25H21NO3S. The third kappa shape index (κ3) is 4.02. The first-order chi connectivity index (χ1) is 14.7. The average molecular weight is 416 g/mol. The lowest BCUT2D eigenvalue weighted by Gasteiger charge is -2.15. The lowest BCUT2D eigenvalue weighted by molar-refractivity contribution is -0.119. The second kappa shape index (κ2) is 9.01. The summed E-state index contributed by atoms with van der Waals surface area (Å²) in [4.78, 5) is 28.4. The maximum absolute atomic E-state index is 13.4. The molecule has 3 aromatic carbocycles. The molecule has 4 nitrogen and oxygen atoms in total. The van der Waals surface area contributed by atoms with Crippen molar-refractivity contribution in [3.05, 3.63) is 101 Å². The van der Waals surface area contributed by atoms with Crippen LogP contribution in [-0.2, 0) is 15.3 Å². The number of hydrogen-bond donors (Lipinski definition) is 0. The van der Waals surface area contributed by atoms with Gasteiger partial charge in [-0.05, 0) is 42.3 Å². The van der Waals surface area contributed by atoms with Gasteiger partial charge in [0, 0.05) is 5.75 Å². The molecule has 0 N–H and O–H groups in total. The van der Waals surface area contributed by atoms with Gasteiger partial charge >= 0.3 is 0 Å². The fraction of sp³-hybridized carbons (Fsp3) is 0.120. The molecule has 0 spiro atoms. The van der Waals surface area contributed by atoms with Crippen LogP contribution >= 0.6 is 11.8 Å². The first-order valence-corrected chi connectivity index (χ1v) is 10.8. The van der Waals surface area contributed by atoms with E-state index in [1.165, 1.54) is 16.7 Å². The van der Waals surface area contributed by atoms with E-state index in [9.17, 15) is 9.59 Å². The topological polar surface area (TPSA) is 46.6 Å². The van der Waals surface area contributed by atoms with Crippen molar-refractivity contribution in [2.24, 2.45) is 0 Å². The Morgan fingerprint density at radius 3 is 2.07 bits per heavy atom. The molecular weight excluding hydrogens is 394 g/mol. The molecule has 0 bridgehead atoms. The van der Waals surface area contributed by atoms with Gasteiger partial charge in [0.1, 0.15) is 5.75 Å². The number of ether oxygens (including phenoxy) is 1. The van der Waals surface area contributed by atoms with Gasteiger partial charge in [-0.3, -0.25) is 9.59 Å². The van der Waals surface area contributed by atoms with Crippen molar-refractivity contribution in [3.8, 4) is 5.75 Å². The van der Waals surface area contributed by atoms with Crippen LogP contribution in [0.4, 0.5) is 5.69 Å². The van der Waals surface area contributed by atoms with Crippen LogP contribution in [0.25, 0.3) is 5.57 Å². The summed E-state index contributed by atoms with van der Waals surface area (Å²) in [6.45, 7) is 2.49. The molecule has 4 rings (SSSR count). The van der Waals surface area contributed by atoms with E-state index in [1.807, 2.05) is 79.7 Å². The highest BCUT2D eigenvalue weighted by Crippen LogP contribution is 2.39. The molecule has 1 aliphatic rings. The normalized spacial score (nSPS) is 13.8. The summed E-state index contributed by atoms with van der Waals surface area (Å²) in [5.74, 6) is 0.761. The summed E-state index contributed by atoms with van der Waals surface area (Å²) in [6.07, 6.45) is 0. The zero-order valence-corrected chi connectivity index (χ0v) is 17.4. The van der Waals surface area contributed by atoms with Crippen molar-refractivity contribution in [2.75, 3.05) is 11.5 Å². The number of rotatable bonds is 7. The molecule has 1 aliphatic heterocycles. The maximum atomic E-state index is 13.4. The fourth-order valence-electron chi connectivity index (χ4n) is 3.32. The van der Waals surface area contributed by atoms with Crippen LogP contribution < -0.4 is 9.64 Å². The lowest BCUT2D eigenvalue weighted by atomic mass is 10.1. The molecule has 3 aromatic rings. The van der Waals surface area contributed by atoms with E-state index >= 15 is 0 Å². The van der Waals surface area contributed by atoms with E-state index in [2.05, 4.69) is 0 Å². The number of para-hydroxylation sites is 1. The van der Waals surface area contributed by atoms with Crippen LogP contribution in [0.15, 0.2) is 89.8 Å². The van der Waals surface area contributed by atoms with E-state index in [-0.39, 0.29) is 11.8 Å². The number of imide groups is 1.